The maximum absolute atomic E-state index is 13.2. The van der Waals surface area contributed by atoms with Crippen LogP contribution >= 0.6 is 23.1 Å². The summed E-state index contributed by atoms with van der Waals surface area (Å²) in [6.07, 6.45) is 1.83. The third-order valence-corrected chi connectivity index (χ3v) is 7.19. The molecule has 3 heterocycles. The van der Waals surface area contributed by atoms with Crippen molar-refractivity contribution in [3.63, 3.8) is 0 Å². The first-order chi connectivity index (χ1) is 16.6. The van der Waals surface area contributed by atoms with Crippen molar-refractivity contribution in [1.29, 1.82) is 0 Å². The number of hydrogen-bond acceptors (Lipinski definition) is 7. The molecule has 1 amide bonds. The summed E-state index contributed by atoms with van der Waals surface area (Å²) in [6.45, 7) is 1.10. The highest BCUT2D eigenvalue weighted by Crippen LogP contribution is 2.26. The molecule has 1 unspecified atom stereocenters. The number of amides is 1. The van der Waals surface area contributed by atoms with Crippen LogP contribution in [0, 0.1) is 5.82 Å². The number of thiazole rings is 1. The molecule has 1 saturated heterocycles. The number of ether oxygens (including phenoxy) is 1. The van der Waals surface area contributed by atoms with Crippen LogP contribution in [0.4, 0.5) is 9.52 Å². The van der Waals surface area contributed by atoms with E-state index in [9.17, 15) is 14.0 Å². The van der Waals surface area contributed by atoms with Crippen LogP contribution in [-0.4, -0.2) is 38.9 Å². The molecule has 0 radical (unpaired) electrons. The van der Waals surface area contributed by atoms with E-state index in [1.54, 1.807) is 34.2 Å². The Labute approximate surface area is 203 Å². The molecular weight excluding hydrogens is 475 g/mol. The van der Waals surface area contributed by atoms with Crippen molar-refractivity contribution in [2.75, 3.05) is 17.7 Å². The molecule has 4 aromatic rings. The molecule has 1 aliphatic heterocycles. The summed E-state index contributed by atoms with van der Waals surface area (Å²) < 4.78 is 20.5. The molecule has 0 bridgehead atoms. The van der Waals surface area contributed by atoms with Crippen LogP contribution in [0.3, 0.4) is 0 Å². The second-order valence-electron chi connectivity index (χ2n) is 7.84. The normalized spacial score (nSPS) is 15.6. The van der Waals surface area contributed by atoms with Gasteiger partial charge in [-0.1, -0.05) is 23.9 Å². The maximum Gasteiger partial charge on any atom is 0.262 e. The Kier molecular flexibility index (Phi) is 6.70. The van der Waals surface area contributed by atoms with E-state index in [0.29, 0.717) is 40.0 Å². The quantitative estimate of drug-likeness (QED) is 0.298. The second-order valence-corrected chi connectivity index (χ2v) is 9.64. The van der Waals surface area contributed by atoms with Crippen LogP contribution < -0.4 is 10.9 Å². The van der Waals surface area contributed by atoms with Crippen molar-refractivity contribution in [3.8, 4) is 11.3 Å². The number of fused-ring (bicyclic) bond motifs is 1. The van der Waals surface area contributed by atoms with Crippen molar-refractivity contribution in [2.45, 2.75) is 30.6 Å². The Bertz CT molecular complexity index is 1380. The van der Waals surface area contributed by atoms with Crippen molar-refractivity contribution < 1.29 is 13.9 Å². The number of thioether (sulfide) groups is 1. The number of aromatic nitrogens is 3. The molecule has 0 aliphatic carbocycles. The highest BCUT2D eigenvalue weighted by atomic mass is 32.2. The van der Waals surface area contributed by atoms with Crippen molar-refractivity contribution in [3.05, 3.63) is 70.1 Å². The van der Waals surface area contributed by atoms with Gasteiger partial charge in [-0.05, 0) is 49.2 Å². The molecule has 0 spiro atoms. The summed E-state index contributed by atoms with van der Waals surface area (Å²) in [5.74, 6) is -0.497. The molecule has 1 N–H and O–H groups in total. The van der Waals surface area contributed by atoms with E-state index in [0.717, 1.165) is 18.4 Å². The molecule has 34 heavy (non-hydrogen) atoms. The van der Waals surface area contributed by atoms with Gasteiger partial charge in [-0.15, -0.1) is 11.3 Å². The standard InChI is InChI=1S/C24H21FN4O3S2/c25-16-9-7-15(8-10-16)20-13-33-23(26-20)28-21(30)14-34-24-27-19-6-2-1-5-18(19)22(31)29(24)12-17-4-3-11-32-17/h1-2,5-10,13,17H,3-4,11-12,14H2,(H,26,28,30). The Morgan fingerprint density at radius 1 is 1.21 bits per heavy atom. The first-order valence-electron chi connectivity index (χ1n) is 10.8. The van der Waals surface area contributed by atoms with Gasteiger partial charge in [0.25, 0.3) is 5.56 Å². The van der Waals surface area contributed by atoms with Gasteiger partial charge in [0.15, 0.2) is 10.3 Å². The Morgan fingerprint density at radius 2 is 2.03 bits per heavy atom. The van der Waals surface area contributed by atoms with E-state index in [-0.39, 0.29) is 29.1 Å². The fourth-order valence-electron chi connectivity index (χ4n) is 3.78. The lowest BCUT2D eigenvalue weighted by atomic mass is 10.2. The fourth-order valence-corrected chi connectivity index (χ4v) is 5.33. The smallest absolute Gasteiger partial charge is 0.262 e. The molecule has 1 fully saturated rings. The average molecular weight is 497 g/mol. The highest BCUT2D eigenvalue weighted by molar-refractivity contribution is 7.99. The number of rotatable bonds is 7. The van der Waals surface area contributed by atoms with E-state index < -0.39 is 0 Å². The first-order valence-corrected chi connectivity index (χ1v) is 12.7. The lowest BCUT2D eigenvalue weighted by Gasteiger charge is -2.16. The van der Waals surface area contributed by atoms with Crippen LogP contribution in [0.1, 0.15) is 12.8 Å². The number of carbonyl (C=O) groups excluding carboxylic acids is 1. The van der Waals surface area contributed by atoms with Gasteiger partial charge in [-0.25, -0.2) is 14.4 Å². The molecule has 174 valence electrons. The zero-order valence-electron chi connectivity index (χ0n) is 18.1. The van der Waals surface area contributed by atoms with Crippen molar-refractivity contribution >= 4 is 45.0 Å². The zero-order chi connectivity index (χ0) is 23.5. The maximum atomic E-state index is 13.2. The van der Waals surface area contributed by atoms with Gasteiger partial charge in [0.05, 0.1) is 35.0 Å². The predicted molar refractivity (Wildman–Crippen MR) is 132 cm³/mol. The Hall–Kier alpha value is -3.08. The molecular formula is C24H21FN4O3S2. The predicted octanol–water partition coefficient (Wildman–Crippen LogP) is 4.57. The van der Waals surface area contributed by atoms with Crippen LogP contribution in [0.2, 0.25) is 0 Å². The third kappa shape index (κ3) is 5.03. The minimum Gasteiger partial charge on any atom is -0.376 e. The van der Waals surface area contributed by atoms with E-state index >= 15 is 0 Å². The number of para-hydroxylation sites is 1. The Balaban J connectivity index is 1.31. The largest absolute Gasteiger partial charge is 0.376 e. The lowest BCUT2D eigenvalue weighted by Crippen LogP contribution is -2.29. The SMILES string of the molecule is O=C(CSc1nc2ccccc2c(=O)n1CC1CCCO1)Nc1nc(-c2ccc(F)cc2)cs1. The summed E-state index contributed by atoms with van der Waals surface area (Å²) >= 11 is 2.50. The monoisotopic (exact) mass is 496 g/mol. The number of benzene rings is 2. The van der Waals surface area contributed by atoms with E-state index in [1.165, 1.54) is 35.2 Å². The number of nitrogens with zero attached hydrogens (tertiary/aromatic N) is 3. The summed E-state index contributed by atoms with van der Waals surface area (Å²) in [4.78, 5) is 34.8. The summed E-state index contributed by atoms with van der Waals surface area (Å²) in [5.41, 5.74) is 1.90. The zero-order valence-corrected chi connectivity index (χ0v) is 19.7. The van der Waals surface area contributed by atoms with Crippen LogP contribution in [-0.2, 0) is 16.1 Å². The molecule has 10 heteroatoms. The van der Waals surface area contributed by atoms with Gasteiger partial charge >= 0.3 is 0 Å². The van der Waals surface area contributed by atoms with Gasteiger partial charge in [0.2, 0.25) is 5.91 Å². The van der Waals surface area contributed by atoms with Crippen molar-refractivity contribution in [1.82, 2.24) is 14.5 Å². The van der Waals surface area contributed by atoms with Gasteiger partial charge in [-0.2, -0.15) is 0 Å². The van der Waals surface area contributed by atoms with Crippen LogP contribution in [0.25, 0.3) is 22.2 Å². The average Bonchev–Trinajstić information content (AvgIpc) is 3.53. The summed E-state index contributed by atoms with van der Waals surface area (Å²) in [5, 5.41) is 6.08. The summed E-state index contributed by atoms with van der Waals surface area (Å²) in [7, 11) is 0. The summed E-state index contributed by atoms with van der Waals surface area (Å²) in [6, 6.07) is 13.2. The molecule has 1 atom stereocenters. The first kappa shape index (κ1) is 22.7. The topological polar surface area (TPSA) is 86.1 Å². The van der Waals surface area contributed by atoms with Gasteiger partial charge in [0, 0.05) is 17.6 Å². The Morgan fingerprint density at radius 3 is 2.82 bits per heavy atom. The van der Waals surface area contributed by atoms with E-state index in [1.807, 2.05) is 12.1 Å². The molecule has 2 aromatic carbocycles. The molecule has 7 nitrogen and oxygen atoms in total. The molecule has 2 aromatic heterocycles. The molecule has 0 saturated carbocycles. The van der Waals surface area contributed by atoms with E-state index in [2.05, 4.69) is 15.3 Å². The van der Waals surface area contributed by atoms with Crippen LogP contribution in [0.5, 0.6) is 0 Å². The lowest BCUT2D eigenvalue weighted by molar-refractivity contribution is -0.113. The number of nitrogens with one attached hydrogen (secondary N) is 1. The van der Waals surface area contributed by atoms with Crippen molar-refractivity contribution in [2.24, 2.45) is 0 Å². The number of carbonyl (C=O) groups is 1. The second kappa shape index (κ2) is 10.0. The highest BCUT2D eigenvalue weighted by Gasteiger charge is 2.21. The number of hydrogen-bond donors (Lipinski definition) is 1. The fraction of sp³-hybridized carbons (Fsp3) is 0.250. The molecule has 5 rings (SSSR count). The van der Waals surface area contributed by atoms with Gasteiger partial charge < -0.3 is 10.1 Å². The minimum atomic E-state index is -0.315. The number of anilines is 1. The minimum absolute atomic E-state index is 0.0333. The number of halogens is 1. The van der Waals surface area contributed by atoms with Crippen LogP contribution in [0.15, 0.2) is 63.9 Å². The third-order valence-electron chi connectivity index (χ3n) is 5.46. The van der Waals surface area contributed by atoms with Gasteiger partial charge in [-0.3, -0.25) is 14.2 Å². The van der Waals surface area contributed by atoms with E-state index in [4.69, 9.17) is 4.74 Å². The molecule has 1 aliphatic rings. The van der Waals surface area contributed by atoms with Gasteiger partial charge in [0.1, 0.15) is 5.82 Å².